The molecule has 3 aromatic rings. The summed E-state index contributed by atoms with van der Waals surface area (Å²) >= 11 is 6.09. The van der Waals surface area contributed by atoms with E-state index in [0.29, 0.717) is 22.5 Å². The Labute approximate surface area is 144 Å². The summed E-state index contributed by atoms with van der Waals surface area (Å²) in [5.74, 6) is 0.539. The molecule has 0 saturated carbocycles. The van der Waals surface area contributed by atoms with Gasteiger partial charge in [-0.05, 0) is 25.1 Å². The summed E-state index contributed by atoms with van der Waals surface area (Å²) in [6.45, 7) is 1.80. The van der Waals surface area contributed by atoms with Crippen molar-refractivity contribution in [2.75, 3.05) is 11.8 Å². The van der Waals surface area contributed by atoms with E-state index in [1.807, 2.05) is 0 Å². The largest absolute Gasteiger partial charge is 0.497 e. The summed E-state index contributed by atoms with van der Waals surface area (Å²) in [5.41, 5.74) is 1.59. The van der Waals surface area contributed by atoms with Crippen LogP contribution in [0.15, 0.2) is 35.4 Å². The summed E-state index contributed by atoms with van der Waals surface area (Å²) in [5, 5.41) is 5.16. The molecule has 2 heterocycles. The highest BCUT2D eigenvalue weighted by Crippen LogP contribution is 2.29. The molecule has 0 unspecified atom stereocenters. The number of aromatic nitrogens is 3. The second kappa shape index (κ2) is 5.95. The summed E-state index contributed by atoms with van der Waals surface area (Å²) < 4.78 is 34.3. The zero-order valence-electron chi connectivity index (χ0n) is 13.2. The van der Waals surface area contributed by atoms with Crippen molar-refractivity contribution < 1.29 is 13.2 Å². The third-order valence-corrected chi connectivity index (χ3v) is 5.21. The molecule has 0 radical (unpaired) electrons. The fraction of sp³-hybridized carbons (Fsp3) is 0.200. The van der Waals surface area contributed by atoms with E-state index in [-0.39, 0.29) is 15.6 Å². The van der Waals surface area contributed by atoms with Gasteiger partial charge in [-0.15, -0.1) is 0 Å². The van der Waals surface area contributed by atoms with Crippen molar-refractivity contribution in [3.05, 3.63) is 41.2 Å². The fourth-order valence-electron chi connectivity index (χ4n) is 2.34. The van der Waals surface area contributed by atoms with Gasteiger partial charge in [0.25, 0.3) is 10.0 Å². The highest BCUT2D eigenvalue weighted by atomic mass is 35.5. The molecule has 3 rings (SSSR count). The second-order valence-electron chi connectivity index (χ2n) is 5.20. The minimum absolute atomic E-state index is 0.0398. The average Bonchev–Trinajstić information content (AvgIpc) is 2.83. The zero-order valence-corrected chi connectivity index (χ0v) is 14.8. The van der Waals surface area contributed by atoms with Crippen LogP contribution in [0.5, 0.6) is 5.75 Å². The predicted octanol–water partition coefficient (Wildman–Crippen LogP) is 2.74. The van der Waals surface area contributed by atoms with Crippen molar-refractivity contribution in [2.45, 2.75) is 11.8 Å². The Bertz CT molecular complexity index is 1030. The number of benzene rings is 1. The number of anilines is 1. The maximum absolute atomic E-state index is 12.6. The number of ether oxygens (including phenoxy) is 1. The first-order chi connectivity index (χ1) is 11.3. The van der Waals surface area contributed by atoms with Crippen LogP contribution < -0.4 is 9.46 Å². The lowest BCUT2D eigenvalue weighted by Crippen LogP contribution is -2.13. The van der Waals surface area contributed by atoms with Crippen molar-refractivity contribution in [1.82, 2.24) is 14.8 Å². The van der Waals surface area contributed by atoms with Crippen molar-refractivity contribution in [3.8, 4) is 5.75 Å². The molecule has 0 spiro atoms. The first-order valence-corrected chi connectivity index (χ1v) is 8.83. The molecule has 0 bridgehead atoms. The SMILES string of the molecule is COc1ccc(NS(=O)(=O)c2cnc3c(c2)c(C)nn3C)c(Cl)c1. The van der Waals surface area contributed by atoms with E-state index < -0.39 is 10.0 Å². The van der Waals surface area contributed by atoms with E-state index in [1.165, 1.54) is 19.4 Å². The maximum atomic E-state index is 12.6. The lowest BCUT2D eigenvalue weighted by Gasteiger charge is -2.10. The third kappa shape index (κ3) is 2.90. The standard InChI is InChI=1S/C15H15ClN4O3S/c1-9-12-7-11(8-17-15(12)20(2)18-9)24(21,22)19-14-5-4-10(23-3)6-13(14)16/h4-8,19H,1-3H3. The molecule has 0 amide bonds. The normalized spacial score (nSPS) is 11.7. The average molecular weight is 367 g/mol. The number of nitrogens with zero attached hydrogens (tertiary/aromatic N) is 3. The van der Waals surface area contributed by atoms with Gasteiger partial charge in [0.2, 0.25) is 0 Å². The molecule has 2 aromatic heterocycles. The van der Waals surface area contributed by atoms with Gasteiger partial charge in [0.1, 0.15) is 10.6 Å². The first-order valence-electron chi connectivity index (χ1n) is 6.97. The Morgan fingerprint density at radius 2 is 2.04 bits per heavy atom. The minimum Gasteiger partial charge on any atom is -0.497 e. The van der Waals surface area contributed by atoms with Gasteiger partial charge in [-0.3, -0.25) is 9.40 Å². The Kier molecular flexibility index (Phi) is 4.10. The Hall–Kier alpha value is -2.32. The van der Waals surface area contributed by atoms with Gasteiger partial charge < -0.3 is 4.74 Å². The summed E-state index contributed by atoms with van der Waals surface area (Å²) in [6.07, 6.45) is 1.29. The summed E-state index contributed by atoms with van der Waals surface area (Å²) in [7, 11) is -0.567. The molecule has 0 atom stereocenters. The molecule has 1 N–H and O–H groups in total. The van der Waals surface area contributed by atoms with Crippen LogP contribution in [0.25, 0.3) is 11.0 Å². The van der Waals surface area contributed by atoms with E-state index in [4.69, 9.17) is 16.3 Å². The van der Waals surface area contributed by atoms with Crippen LogP contribution in [0.2, 0.25) is 5.02 Å². The van der Waals surface area contributed by atoms with Crippen molar-refractivity contribution >= 4 is 38.3 Å². The number of rotatable bonds is 4. The molecule has 126 valence electrons. The fourth-order valence-corrected chi connectivity index (χ4v) is 3.67. The quantitative estimate of drug-likeness (QED) is 0.767. The third-order valence-electron chi connectivity index (χ3n) is 3.57. The Morgan fingerprint density at radius 3 is 2.71 bits per heavy atom. The molecule has 24 heavy (non-hydrogen) atoms. The number of methoxy groups -OCH3 is 1. The number of hydrogen-bond acceptors (Lipinski definition) is 5. The summed E-state index contributed by atoms with van der Waals surface area (Å²) in [6, 6.07) is 6.24. The highest BCUT2D eigenvalue weighted by molar-refractivity contribution is 7.92. The van der Waals surface area contributed by atoms with Crippen LogP contribution in [0.1, 0.15) is 5.69 Å². The Morgan fingerprint density at radius 1 is 1.29 bits per heavy atom. The van der Waals surface area contributed by atoms with E-state index >= 15 is 0 Å². The number of fused-ring (bicyclic) bond motifs is 1. The maximum Gasteiger partial charge on any atom is 0.263 e. The van der Waals surface area contributed by atoms with E-state index in [1.54, 1.807) is 36.9 Å². The number of aryl methyl sites for hydroxylation is 2. The highest BCUT2D eigenvalue weighted by Gasteiger charge is 2.19. The topological polar surface area (TPSA) is 86.1 Å². The molecule has 0 fully saturated rings. The van der Waals surface area contributed by atoms with Gasteiger partial charge in [-0.1, -0.05) is 11.6 Å². The zero-order chi connectivity index (χ0) is 17.5. The summed E-state index contributed by atoms with van der Waals surface area (Å²) in [4.78, 5) is 4.23. The molecule has 1 aromatic carbocycles. The van der Waals surface area contributed by atoms with Crippen LogP contribution in [0.3, 0.4) is 0 Å². The molecule has 0 aliphatic heterocycles. The van der Waals surface area contributed by atoms with Gasteiger partial charge in [0.15, 0.2) is 5.65 Å². The number of pyridine rings is 1. The molecule has 0 aliphatic carbocycles. The van der Waals surface area contributed by atoms with Crippen LogP contribution in [0, 0.1) is 6.92 Å². The predicted molar refractivity (Wildman–Crippen MR) is 92.1 cm³/mol. The van der Waals surface area contributed by atoms with Crippen LogP contribution >= 0.6 is 11.6 Å². The van der Waals surface area contributed by atoms with Crippen LogP contribution in [-0.4, -0.2) is 30.3 Å². The monoisotopic (exact) mass is 366 g/mol. The molecular formula is C15H15ClN4O3S. The number of halogens is 1. The number of nitrogens with one attached hydrogen (secondary N) is 1. The van der Waals surface area contributed by atoms with Crippen molar-refractivity contribution in [1.29, 1.82) is 0 Å². The molecular weight excluding hydrogens is 352 g/mol. The lowest BCUT2D eigenvalue weighted by atomic mass is 10.3. The first kappa shape index (κ1) is 16.5. The van der Waals surface area contributed by atoms with Crippen molar-refractivity contribution in [3.63, 3.8) is 0 Å². The minimum atomic E-state index is -3.83. The van der Waals surface area contributed by atoms with E-state index in [9.17, 15) is 8.42 Å². The van der Waals surface area contributed by atoms with Gasteiger partial charge in [-0.2, -0.15) is 5.10 Å². The smallest absolute Gasteiger partial charge is 0.263 e. The van der Waals surface area contributed by atoms with Gasteiger partial charge in [0, 0.05) is 24.7 Å². The van der Waals surface area contributed by atoms with E-state index in [0.717, 1.165) is 0 Å². The van der Waals surface area contributed by atoms with Crippen LogP contribution in [-0.2, 0) is 17.1 Å². The van der Waals surface area contributed by atoms with E-state index in [2.05, 4.69) is 14.8 Å². The number of sulfonamides is 1. The lowest BCUT2D eigenvalue weighted by molar-refractivity contribution is 0.415. The van der Waals surface area contributed by atoms with Gasteiger partial charge >= 0.3 is 0 Å². The molecule has 0 saturated heterocycles. The van der Waals surface area contributed by atoms with Gasteiger partial charge in [0.05, 0.1) is 23.5 Å². The Balaban J connectivity index is 2.00. The second-order valence-corrected chi connectivity index (χ2v) is 7.29. The molecule has 0 aliphatic rings. The molecule has 7 nitrogen and oxygen atoms in total. The number of hydrogen-bond donors (Lipinski definition) is 1. The van der Waals surface area contributed by atoms with Gasteiger partial charge in [-0.25, -0.2) is 13.4 Å². The van der Waals surface area contributed by atoms with Crippen molar-refractivity contribution in [2.24, 2.45) is 7.05 Å². The molecule has 9 heteroatoms. The van der Waals surface area contributed by atoms with Crippen LogP contribution in [0.4, 0.5) is 5.69 Å².